The summed E-state index contributed by atoms with van der Waals surface area (Å²) in [6, 6.07) is 0.862. The molecule has 2 fully saturated rings. The summed E-state index contributed by atoms with van der Waals surface area (Å²) in [5.74, 6) is 0.310. The summed E-state index contributed by atoms with van der Waals surface area (Å²) in [6.45, 7) is 4.92. The molecule has 1 aliphatic carbocycles. The van der Waals surface area contributed by atoms with Gasteiger partial charge in [-0.25, -0.2) is 0 Å². The van der Waals surface area contributed by atoms with Crippen molar-refractivity contribution >= 4 is 5.84 Å². The Bertz CT molecular complexity index is 219. The molecule has 1 saturated carbocycles. The summed E-state index contributed by atoms with van der Waals surface area (Å²) in [5, 5.41) is 11.4. The summed E-state index contributed by atoms with van der Waals surface area (Å²) >= 11 is 0. The Morgan fingerprint density at radius 3 is 2.43 bits per heavy atom. The minimum Gasteiger partial charge on any atom is -0.409 e. The lowest BCUT2D eigenvalue weighted by molar-refractivity contribution is 0.138. The van der Waals surface area contributed by atoms with Gasteiger partial charge in [0.2, 0.25) is 0 Å². The van der Waals surface area contributed by atoms with Gasteiger partial charge < -0.3 is 10.9 Å². The zero-order chi connectivity index (χ0) is 9.97. The van der Waals surface area contributed by atoms with E-state index in [1.165, 1.54) is 12.8 Å². The lowest BCUT2D eigenvalue weighted by atomic mass is 10.3. The standard InChI is InChI=1S/C9H18N4O/c10-9(11-14)7-12-3-5-13(6-4-12)8-1-2-8/h8,14H,1-7H2,(H2,10,11). The molecule has 0 bridgehead atoms. The minimum absolute atomic E-state index is 0.310. The fourth-order valence-corrected chi connectivity index (χ4v) is 1.99. The van der Waals surface area contributed by atoms with Crippen LogP contribution in [0.5, 0.6) is 0 Å². The highest BCUT2D eigenvalue weighted by Crippen LogP contribution is 2.27. The number of nitrogens with zero attached hydrogens (tertiary/aromatic N) is 3. The molecular formula is C9H18N4O. The molecule has 0 aromatic rings. The molecule has 3 N–H and O–H groups in total. The van der Waals surface area contributed by atoms with Crippen molar-refractivity contribution in [2.75, 3.05) is 32.7 Å². The summed E-state index contributed by atoms with van der Waals surface area (Å²) in [7, 11) is 0. The molecule has 0 amide bonds. The molecule has 0 radical (unpaired) electrons. The van der Waals surface area contributed by atoms with Gasteiger partial charge in [-0.05, 0) is 12.8 Å². The smallest absolute Gasteiger partial charge is 0.153 e. The summed E-state index contributed by atoms with van der Waals surface area (Å²) < 4.78 is 0. The fraction of sp³-hybridized carbons (Fsp3) is 0.889. The van der Waals surface area contributed by atoms with Gasteiger partial charge >= 0.3 is 0 Å². The maximum Gasteiger partial charge on any atom is 0.153 e. The van der Waals surface area contributed by atoms with Crippen LogP contribution in [0.15, 0.2) is 5.16 Å². The monoisotopic (exact) mass is 198 g/mol. The number of hydrogen-bond donors (Lipinski definition) is 2. The van der Waals surface area contributed by atoms with Crippen molar-refractivity contribution in [2.24, 2.45) is 10.9 Å². The normalized spacial score (nSPS) is 26.7. The van der Waals surface area contributed by atoms with Crippen molar-refractivity contribution in [3.05, 3.63) is 0 Å². The van der Waals surface area contributed by atoms with Gasteiger partial charge in [0.1, 0.15) is 0 Å². The molecule has 5 heteroatoms. The summed E-state index contributed by atoms with van der Waals surface area (Å²) in [4.78, 5) is 4.77. The first kappa shape index (κ1) is 9.73. The lowest BCUT2D eigenvalue weighted by Crippen LogP contribution is -2.49. The Balaban J connectivity index is 1.72. The van der Waals surface area contributed by atoms with Gasteiger partial charge in [0.15, 0.2) is 5.84 Å². The first-order valence-electron chi connectivity index (χ1n) is 5.22. The Labute approximate surface area is 84.2 Å². The van der Waals surface area contributed by atoms with Gasteiger partial charge in [0.05, 0.1) is 6.54 Å². The van der Waals surface area contributed by atoms with E-state index in [-0.39, 0.29) is 0 Å². The number of rotatable bonds is 3. The number of amidine groups is 1. The van der Waals surface area contributed by atoms with Crippen molar-refractivity contribution in [1.29, 1.82) is 0 Å². The van der Waals surface area contributed by atoms with Crippen molar-refractivity contribution in [3.8, 4) is 0 Å². The molecule has 0 aromatic carbocycles. The van der Waals surface area contributed by atoms with Crippen molar-refractivity contribution in [1.82, 2.24) is 9.80 Å². The van der Waals surface area contributed by atoms with Gasteiger partial charge in [-0.2, -0.15) is 0 Å². The third-order valence-corrected chi connectivity index (χ3v) is 2.98. The second-order valence-electron chi connectivity index (χ2n) is 4.13. The molecule has 5 nitrogen and oxygen atoms in total. The van der Waals surface area contributed by atoms with E-state index in [9.17, 15) is 0 Å². The number of hydrogen-bond acceptors (Lipinski definition) is 4. The van der Waals surface area contributed by atoms with Crippen LogP contribution >= 0.6 is 0 Å². The van der Waals surface area contributed by atoms with E-state index in [0.717, 1.165) is 32.2 Å². The van der Waals surface area contributed by atoms with Crippen LogP contribution in [0.2, 0.25) is 0 Å². The Kier molecular flexibility index (Phi) is 2.88. The molecule has 2 aliphatic rings. The number of piperazine rings is 1. The van der Waals surface area contributed by atoms with E-state index >= 15 is 0 Å². The van der Waals surface area contributed by atoms with Crippen LogP contribution in [-0.4, -0.2) is 59.6 Å². The zero-order valence-electron chi connectivity index (χ0n) is 8.39. The van der Waals surface area contributed by atoms with Crippen LogP contribution < -0.4 is 5.73 Å². The van der Waals surface area contributed by atoms with Crippen LogP contribution in [0.25, 0.3) is 0 Å². The average molecular weight is 198 g/mol. The third-order valence-electron chi connectivity index (χ3n) is 2.98. The quantitative estimate of drug-likeness (QED) is 0.278. The van der Waals surface area contributed by atoms with Gasteiger partial charge in [0, 0.05) is 32.2 Å². The summed E-state index contributed by atoms with van der Waals surface area (Å²) in [5.41, 5.74) is 5.46. The average Bonchev–Trinajstić information content (AvgIpc) is 3.02. The highest BCUT2D eigenvalue weighted by atomic mass is 16.4. The van der Waals surface area contributed by atoms with Crippen LogP contribution in [0.3, 0.4) is 0 Å². The SMILES string of the molecule is N/C(CN1CCN(C2CC2)CC1)=N\O. The minimum atomic E-state index is 0.310. The molecular weight excluding hydrogens is 180 g/mol. The third kappa shape index (κ3) is 2.36. The van der Waals surface area contributed by atoms with Gasteiger partial charge in [-0.1, -0.05) is 5.16 Å². The Hall–Kier alpha value is -0.810. The van der Waals surface area contributed by atoms with Gasteiger partial charge in [0.25, 0.3) is 0 Å². The first-order chi connectivity index (χ1) is 6.79. The van der Waals surface area contributed by atoms with Crippen LogP contribution in [0.1, 0.15) is 12.8 Å². The highest BCUT2D eigenvalue weighted by molar-refractivity contribution is 5.81. The van der Waals surface area contributed by atoms with E-state index in [2.05, 4.69) is 15.0 Å². The second-order valence-corrected chi connectivity index (χ2v) is 4.13. The largest absolute Gasteiger partial charge is 0.409 e. The fourth-order valence-electron chi connectivity index (χ4n) is 1.99. The Morgan fingerprint density at radius 2 is 1.93 bits per heavy atom. The second kappa shape index (κ2) is 4.14. The maximum atomic E-state index is 8.44. The first-order valence-corrected chi connectivity index (χ1v) is 5.22. The van der Waals surface area contributed by atoms with E-state index in [1.807, 2.05) is 0 Å². The molecule has 1 heterocycles. The van der Waals surface area contributed by atoms with Crippen molar-refractivity contribution < 1.29 is 5.21 Å². The van der Waals surface area contributed by atoms with Crippen molar-refractivity contribution in [2.45, 2.75) is 18.9 Å². The van der Waals surface area contributed by atoms with E-state index in [0.29, 0.717) is 12.4 Å². The molecule has 80 valence electrons. The molecule has 1 saturated heterocycles. The maximum absolute atomic E-state index is 8.44. The van der Waals surface area contributed by atoms with Crippen LogP contribution in [-0.2, 0) is 0 Å². The van der Waals surface area contributed by atoms with Crippen LogP contribution in [0, 0.1) is 0 Å². The summed E-state index contributed by atoms with van der Waals surface area (Å²) in [6.07, 6.45) is 2.75. The predicted molar refractivity (Wildman–Crippen MR) is 54.4 cm³/mol. The van der Waals surface area contributed by atoms with Gasteiger partial charge in [-0.3, -0.25) is 9.80 Å². The molecule has 0 aromatic heterocycles. The molecule has 1 aliphatic heterocycles. The zero-order valence-corrected chi connectivity index (χ0v) is 8.39. The van der Waals surface area contributed by atoms with Crippen LogP contribution in [0.4, 0.5) is 0 Å². The predicted octanol–water partition coefficient (Wildman–Crippen LogP) is -0.487. The van der Waals surface area contributed by atoms with Gasteiger partial charge in [-0.15, -0.1) is 0 Å². The molecule has 0 spiro atoms. The molecule has 2 rings (SSSR count). The number of nitrogens with two attached hydrogens (primary N) is 1. The molecule has 0 unspecified atom stereocenters. The topological polar surface area (TPSA) is 65.1 Å². The van der Waals surface area contributed by atoms with E-state index < -0.39 is 0 Å². The lowest BCUT2D eigenvalue weighted by Gasteiger charge is -2.34. The van der Waals surface area contributed by atoms with Crippen molar-refractivity contribution in [3.63, 3.8) is 0 Å². The number of oxime groups is 1. The Morgan fingerprint density at radius 1 is 1.29 bits per heavy atom. The molecule has 0 atom stereocenters. The highest BCUT2D eigenvalue weighted by Gasteiger charge is 2.31. The van der Waals surface area contributed by atoms with E-state index in [1.54, 1.807) is 0 Å². The van der Waals surface area contributed by atoms with E-state index in [4.69, 9.17) is 10.9 Å². The molecule has 14 heavy (non-hydrogen) atoms.